The van der Waals surface area contributed by atoms with Crippen LogP contribution < -0.4 is 10.2 Å². The molecule has 21 heavy (non-hydrogen) atoms. The van der Waals surface area contributed by atoms with Gasteiger partial charge in [-0.05, 0) is 50.3 Å². The molecule has 1 atom stereocenters. The first kappa shape index (κ1) is 14.6. The first-order valence-electron chi connectivity index (χ1n) is 7.54. The Morgan fingerprint density at radius 2 is 2.00 bits per heavy atom. The van der Waals surface area contributed by atoms with E-state index in [0.717, 1.165) is 38.3 Å². The summed E-state index contributed by atoms with van der Waals surface area (Å²) in [6.45, 7) is 2.76. The topological polar surface area (TPSA) is 28.2 Å². The smallest absolute Gasteiger partial charge is 0.355 e. The third kappa shape index (κ3) is 3.87. The van der Waals surface area contributed by atoms with Gasteiger partial charge in [0.15, 0.2) is 0 Å². The minimum absolute atomic E-state index is 0.424. The number of halogens is 3. The minimum Gasteiger partial charge on any atom is -0.355 e. The number of nitrogens with zero attached hydrogens (tertiary/aromatic N) is 2. The van der Waals surface area contributed by atoms with E-state index in [-0.39, 0.29) is 0 Å². The molecule has 1 aromatic heterocycles. The van der Waals surface area contributed by atoms with Crippen molar-refractivity contribution in [3.05, 3.63) is 23.9 Å². The molecule has 116 valence electrons. The average Bonchev–Trinajstić information content (AvgIpc) is 3.11. The maximum absolute atomic E-state index is 12.6. The van der Waals surface area contributed by atoms with Crippen LogP contribution in [0.1, 0.15) is 31.2 Å². The molecule has 0 spiro atoms. The zero-order valence-electron chi connectivity index (χ0n) is 11.9. The van der Waals surface area contributed by atoms with Crippen molar-refractivity contribution in [1.29, 1.82) is 0 Å². The Hall–Kier alpha value is -1.30. The highest BCUT2D eigenvalue weighted by Gasteiger charge is 2.32. The highest BCUT2D eigenvalue weighted by molar-refractivity contribution is 5.40. The van der Waals surface area contributed by atoms with Gasteiger partial charge < -0.3 is 10.2 Å². The zero-order valence-corrected chi connectivity index (χ0v) is 11.9. The summed E-state index contributed by atoms with van der Waals surface area (Å²) >= 11 is 0. The molecule has 1 aliphatic carbocycles. The summed E-state index contributed by atoms with van der Waals surface area (Å²) in [5.41, 5.74) is -0.684. The molecule has 2 fully saturated rings. The number of hydrogen-bond acceptors (Lipinski definition) is 3. The third-order valence-corrected chi connectivity index (χ3v) is 4.18. The monoisotopic (exact) mass is 299 g/mol. The molecular formula is C15H20F3N3. The van der Waals surface area contributed by atoms with Gasteiger partial charge in [0.25, 0.3) is 0 Å². The van der Waals surface area contributed by atoms with E-state index in [0.29, 0.717) is 17.8 Å². The van der Waals surface area contributed by atoms with Crippen molar-refractivity contribution < 1.29 is 13.2 Å². The Morgan fingerprint density at radius 1 is 1.19 bits per heavy atom. The van der Waals surface area contributed by atoms with E-state index in [1.54, 1.807) is 0 Å². The SMILES string of the molecule is FC(F)(F)c1ccc(N(CC2CC2)CC2CCCN2)nc1. The zero-order chi connectivity index (χ0) is 14.9. The lowest BCUT2D eigenvalue weighted by Gasteiger charge is -2.27. The maximum Gasteiger partial charge on any atom is 0.417 e. The lowest BCUT2D eigenvalue weighted by Crippen LogP contribution is -2.39. The van der Waals surface area contributed by atoms with Crippen LogP contribution in [0.5, 0.6) is 0 Å². The summed E-state index contributed by atoms with van der Waals surface area (Å²) in [6.07, 6.45) is 1.35. The molecule has 2 heterocycles. The number of alkyl halides is 3. The Labute approximate surface area is 122 Å². The quantitative estimate of drug-likeness (QED) is 0.905. The molecule has 1 aromatic rings. The van der Waals surface area contributed by atoms with Gasteiger partial charge in [-0.25, -0.2) is 4.98 Å². The van der Waals surface area contributed by atoms with E-state index in [4.69, 9.17) is 0 Å². The van der Waals surface area contributed by atoms with Crippen LogP contribution in [0.2, 0.25) is 0 Å². The number of aromatic nitrogens is 1. The number of hydrogen-bond donors (Lipinski definition) is 1. The molecule has 1 N–H and O–H groups in total. The molecule has 1 saturated heterocycles. The van der Waals surface area contributed by atoms with Gasteiger partial charge >= 0.3 is 6.18 Å². The summed E-state index contributed by atoms with van der Waals surface area (Å²) in [5, 5.41) is 3.44. The Bertz CT molecular complexity index is 462. The van der Waals surface area contributed by atoms with E-state index in [9.17, 15) is 13.2 Å². The van der Waals surface area contributed by atoms with Crippen molar-refractivity contribution in [3.8, 4) is 0 Å². The fourth-order valence-electron chi connectivity index (χ4n) is 2.79. The summed E-state index contributed by atoms with van der Waals surface area (Å²) in [7, 11) is 0. The maximum atomic E-state index is 12.6. The number of pyridine rings is 1. The van der Waals surface area contributed by atoms with E-state index in [2.05, 4.69) is 15.2 Å². The van der Waals surface area contributed by atoms with Crippen LogP contribution in [0, 0.1) is 5.92 Å². The Balaban J connectivity index is 1.71. The predicted octanol–water partition coefficient (Wildman–Crippen LogP) is 3.07. The molecule has 1 aliphatic heterocycles. The molecule has 1 saturated carbocycles. The average molecular weight is 299 g/mol. The highest BCUT2D eigenvalue weighted by atomic mass is 19.4. The molecule has 0 aromatic carbocycles. The number of nitrogens with one attached hydrogen (secondary N) is 1. The van der Waals surface area contributed by atoms with E-state index >= 15 is 0 Å². The molecular weight excluding hydrogens is 279 g/mol. The van der Waals surface area contributed by atoms with Crippen molar-refractivity contribution in [3.63, 3.8) is 0 Å². The highest BCUT2D eigenvalue weighted by Crippen LogP contribution is 2.33. The van der Waals surface area contributed by atoms with Crippen LogP contribution in [0.3, 0.4) is 0 Å². The summed E-state index contributed by atoms with van der Waals surface area (Å²) in [4.78, 5) is 6.19. The molecule has 1 unspecified atom stereocenters. The standard InChI is InChI=1S/C15H20F3N3/c16-15(17,18)12-5-6-14(20-8-12)21(9-11-3-4-11)10-13-2-1-7-19-13/h5-6,8,11,13,19H,1-4,7,9-10H2. The second-order valence-corrected chi connectivity index (χ2v) is 6.04. The van der Waals surface area contributed by atoms with Gasteiger partial charge in [-0.3, -0.25) is 0 Å². The van der Waals surface area contributed by atoms with E-state index in [1.807, 2.05) is 0 Å². The normalized spacial score (nSPS) is 22.5. The van der Waals surface area contributed by atoms with Gasteiger partial charge in [0.05, 0.1) is 5.56 Å². The van der Waals surface area contributed by atoms with Crippen molar-refractivity contribution in [2.24, 2.45) is 5.92 Å². The second kappa shape index (κ2) is 5.83. The molecule has 0 bridgehead atoms. The molecule has 6 heteroatoms. The minimum atomic E-state index is -4.32. The number of anilines is 1. The van der Waals surface area contributed by atoms with Crippen molar-refractivity contribution in [2.75, 3.05) is 24.5 Å². The largest absolute Gasteiger partial charge is 0.417 e. The van der Waals surface area contributed by atoms with Gasteiger partial charge in [-0.15, -0.1) is 0 Å². The molecule has 3 rings (SSSR count). The fraction of sp³-hybridized carbons (Fsp3) is 0.667. The van der Waals surface area contributed by atoms with Gasteiger partial charge in [-0.1, -0.05) is 0 Å². The summed E-state index contributed by atoms with van der Waals surface area (Å²) < 4.78 is 37.8. The second-order valence-electron chi connectivity index (χ2n) is 6.04. The van der Waals surface area contributed by atoms with Crippen molar-refractivity contribution in [2.45, 2.75) is 37.9 Å². The lowest BCUT2D eigenvalue weighted by molar-refractivity contribution is -0.137. The number of rotatable bonds is 5. The predicted molar refractivity (Wildman–Crippen MR) is 75.2 cm³/mol. The van der Waals surface area contributed by atoms with Crippen molar-refractivity contribution in [1.82, 2.24) is 10.3 Å². The molecule has 3 nitrogen and oxygen atoms in total. The van der Waals surface area contributed by atoms with Crippen LogP contribution >= 0.6 is 0 Å². The van der Waals surface area contributed by atoms with Gasteiger partial charge in [0, 0.05) is 25.3 Å². The Kier molecular flexibility index (Phi) is 4.06. The van der Waals surface area contributed by atoms with Gasteiger partial charge in [0.2, 0.25) is 0 Å². The van der Waals surface area contributed by atoms with Gasteiger partial charge in [-0.2, -0.15) is 13.2 Å². The van der Waals surface area contributed by atoms with Crippen LogP contribution in [0.15, 0.2) is 18.3 Å². The van der Waals surface area contributed by atoms with E-state index < -0.39 is 11.7 Å². The van der Waals surface area contributed by atoms with E-state index in [1.165, 1.54) is 25.3 Å². The first-order chi connectivity index (χ1) is 10.0. The molecule has 2 aliphatic rings. The molecule has 0 radical (unpaired) electrons. The molecule has 0 amide bonds. The van der Waals surface area contributed by atoms with Crippen LogP contribution in [0.25, 0.3) is 0 Å². The van der Waals surface area contributed by atoms with Crippen molar-refractivity contribution >= 4 is 5.82 Å². The van der Waals surface area contributed by atoms with Gasteiger partial charge in [0.1, 0.15) is 5.82 Å². The van der Waals surface area contributed by atoms with Crippen LogP contribution in [-0.4, -0.2) is 30.7 Å². The summed E-state index contributed by atoms with van der Waals surface area (Å²) in [5.74, 6) is 1.33. The Morgan fingerprint density at radius 3 is 2.52 bits per heavy atom. The third-order valence-electron chi connectivity index (χ3n) is 4.18. The lowest BCUT2D eigenvalue weighted by atomic mass is 10.2. The first-order valence-corrected chi connectivity index (χ1v) is 7.54. The fourth-order valence-corrected chi connectivity index (χ4v) is 2.79. The summed E-state index contributed by atoms with van der Waals surface area (Å²) in [6, 6.07) is 3.05. The van der Waals surface area contributed by atoms with Crippen LogP contribution in [0.4, 0.5) is 19.0 Å². The van der Waals surface area contributed by atoms with Crippen LogP contribution in [-0.2, 0) is 6.18 Å².